The Hall–Kier alpha value is -3.34. The predicted octanol–water partition coefficient (Wildman–Crippen LogP) is 11.6. The van der Waals surface area contributed by atoms with E-state index in [1.165, 1.54) is 12.8 Å². The molecule has 2 aromatic heterocycles. The van der Waals surface area contributed by atoms with Crippen LogP contribution in [0.15, 0.2) is 0 Å². The topological polar surface area (TPSA) is 139 Å². The molecule has 0 spiro atoms. The van der Waals surface area contributed by atoms with Crippen LogP contribution in [0.5, 0.6) is 0 Å². The molecular formula is C64H114N14O2. The van der Waals surface area contributed by atoms with E-state index in [1.54, 1.807) is 0 Å². The Bertz CT molecular complexity index is 1990. The van der Waals surface area contributed by atoms with Crippen molar-refractivity contribution in [3.05, 3.63) is 0 Å². The summed E-state index contributed by atoms with van der Waals surface area (Å²) in [6.07, 6.45) is 19.7. The number of piperidine rings is 2. The zero-order valence-corrected chi connectivity index (χ0v) is 53.7. The lowest BCUT2D eigenvalue weighted by molar-refractivity contribution is 0.0939. The highest BCUT2D eigenvalue weighted by atomic mass is 16.5. The molecule has 452 valence electrons. The van der Waals surface area contributed by atoms with E-state index in [0.29, 0.717) is 38.5 Å². The fourth-order valence-corrected chi connectivity index (χ4v) is 17.6. The SMILES string of the molecule is CC1(C)CC(N2CCCCCCN(C3CC(C)(C)CC(C)(C)C3)c3nc(N4CCOCC4)nc(n3)N(C3CC(C)(C)NC(C)(C)C3)CCCCCCN(C3CC(C)(C)NC(C)(C)C3)c3nc(N4CCOCC4)nc2n3)CC(C)(C)C1. The van der Waals surface area contributed by atoms with Crippen molar-refractivity contribution in [2.75, 3.05) is 108 Å². The fourth-order valence-electron chi connectivity index (χ4n) is 17.6. The van der Waals surface area contributed by atoms with E-state index in [0.717, 1.165) is 191 Å². The Morgan fingerprint density at radius 1 is 0.300 bits per heavy atom. The number of nitrogens with one attached hydrogen (secondary N) is 2. The van der Waals surface area contributed by atoms with E-state index >= 15 is 0 Å². The monoisotopic (exact) mass is 1110 g/mol. The molecule has 0 radical (unpaired) electrons. The highest BCUT2D eigenvalue weighted by molar-refractivity contribution is 5.50. The molecule has 2 N–H and O–H groups in total. The van der Waals surface area contributed by atoms with E-state index in [2.05, 4.69) is 151 Å². The molecule has 0 aromatic carbocycles. The number of nitrogens with zero attached hydrogens (tertiary/aromatic N) is 12. The maximum atomic E-state index is 5.95. The molecule has 16 heteroatoms. The first-order valence-electron chi connectivity index (χ1n) is 32.3. The van der Waals surface area contributed by atoms with Gasteiger partial charge >= 0.3 is 0 Å². The molecule has 2 aromatic rings. The minimum atomic E-state index is -0.0418. The molecule has 0 atom stereocenters. The number of aromatic nitrogens is 6. The first-order chi connectivity index (χ1) is 37.4. The van der Waals surface area contributed by atoms with Gasteiger partial charge in [-0.05, 0) is 167 Å². The Morgan fingerprint density at radius 2 is 0.525 bits per heavy atom. The van der Waals surface area contributed by atoms with Crippen LogP contribution in [0.25, 0.3) is 0 Å². The Labute approximate surface area is 486 Å². The molecule has 2 aliphatic carbocycles. The summed E-state index contributed by atoms with van der Waals surface area (Å²) in [4.78, 5) is 49.2. The summed E-state index contributed by atoms with van der Waals surface area (Å²) in [6.45, 7) is 48.5. The molecule has 9 rings (SSSR count). The van der Waals surface area contributed by atoms with E-state index in [9.17, 15) is 0 Å². The van der Waals surface area contributed by atoms with E-state index in [-0.39, 0.29) is 55.9 Å². The molecule has 6 fully saturated rings. The Kier molecular flexibility index (Phi) is 18.3. The van der Waals surface area contributed by atoms with Gasteiger partial charge in [-0.1, -0.05) is 81.1 Å². The van der Waals surface area contributed by atoms with Crippen LogP contribution in [-0.4, -0.2) is 155 Å². The van der Waals surface area contributed by atoms with Crippen LogP contribution in [0, 0.1) is 21.7 Å². The largest absolute Gasteiger partial charge is 0.378 e. The van der Waals surface area contributed by atoms with E-state index in [1.807, 2.05) is 0 Å². The molecule has 2 saturated carbocycles. The van der Waals surface area contributed by atoms with Gasteiger partial charge in [-0.3, -0.25) is 0 Å². The normalized spacial score (nSPS) is 27.8. The van der Waals surface area contributed by atoms with Crippen LogP contribution < -0.4 is 40.0 Å². The van der Waals surface area contributed by atoms with Crippen molar-refractivity contribution in [1.82, 2.24) is 40.5 Å². The summed E-state index contributed by atoms with van der Waals surface area (Å²) >= 11 is 0. The lowest BCUT2D eigenvalue weighted by atomic mass is 9.63. The summed E-state index contributed by atoms with van der Waals surface area (Å²) in [5.74, 6) is 5.08. The van der Waals surface area contributed by atoms with Gasteiger partial charge in [-0.25, -0.2) is 0 Å². The standard InChI is InChI=1S/C64H114N14O2/c1-57(2)37-47(38-58(3,4)45-57)75-25-21-17-18-22-26-76(48-39-59(5,6)46-60(7,8)40-48)54-66-52(74-31-35-80-36-32-74)68-56(70-54)78(50-43-63(13,14)72-64(15,16)44-50)28-24-20-19-23-27-77(49-41-61(9,10)71-62(11,12)42-49)55-67-51(65-53(75)69-55)73-29-33-79-34-30-73/h47-50,71-72H,17-46H2,1-16H3. The summed E-state index contributed by atoms with van der Waals surface area (Å²) in [6, 6.07) is 1.19. The lowest BCUT2D eigenvalue weighted by Gasteiger charge is -2.50. The zero-order valence-electron chi connectivity index (χ0n) is 53.7. The zero-order chi connectivity index (χ0) is 57.5. The van der Waals surface area contributed by atoms with Crippen molar-refractivity contribution in [2.45, 2.75) is 273 Å². The lowest BCUT2D eigenvalue weighted by Crippen LogP contribution is -2.62. The highest BCUT2D eigenvalue weighted by Gasteiger charge is 2.46. The van der Waals surface area contributed by atoms with Crippen molar-refractivity contribution in [3.63, 3.8) is 0 Å². The summed E-state index contributed by atoms with van der Waals surface area (Å²) in [5.41, 5.74) is 0.644. The molecule has 16 nitrogen and oxygen atoms in total. The molecule has 7 aliphatic rings. The maximum absolute atomic E-state index is 5.95. The van der Waals surface area contributed by atoms with Crippen LogP contribution in [0.3, 0.4) is 0 Å². The molecule has 0 amide bonds. The number of fused-ring (bicyclic) bond motifs is 4. The van der Waals surface area contributed by atoms with Gasteiger partial charge in [0.2, 0.25) is 35.7 Å². The molecule has 80 heavy (non-hydrogen) atoms. The smallest absolute Gasteiger partial charge is 0.232 e. The second kappa shape index (κ2) is 24.0. The third kappa shape index (κ3) is 16.1. The van der Waals surface area contributed by atoms with Crippen molar-refractivity contribution in [1.29, 1.82) is 0 Å². The number of hydrogen-bond acceptors (Lipinski definition) is 16. The van der Waals surface area contributed by atoms with Crippen LogP contribution in [0.1, 0.15) is 226 Å². The quantitative estimate of drug-likeness (QED) is 0.283. The van der Waals surface area contributed by atoms with Crippen LogP contribution in [0.4, 0.5) is 35.7 Å². The maximum Gasteiger partial charge on any atom is 0.232 e. The average molecular weight is 1110 g/mol. The predicted molar refractivity (Wildman–Crippen MR) is 331 cm³/mol. The molecule has 0 unspecified atom stereocenters. The van der Waals surface area contributed by atoms with Crippen molar-refractivity contribution >= 4 is 35.7 Å². The minimum absolute atomic E-state index is 0.0418. The first kappa shape index (κ1) is 61.2. The molecule has 5 aliphatic heterocycles. The number of anilines is 6. The average Bonchev–Trinajstić information content (AvgIpc) is 3.39. The third-order valence-corrected chi connectivity index (χ3v) is 19.1. The van der Waals surface area contributed by atoms with Gasteiger partial charge in [0.05, 0.1) is 26.4 Å². The number of ether oxygens (including phenoxy) is 2. The van der Waals surface area contributed by atoms with Gasteiger partial charge in [0.15, 0.2) is 0 Å². The van der Waals surface area contributed by atoms with Crippen molar-refractivity contribution < 1.29 is 9.47 Å². The molecule has 4 bridgehead atoms. The minimum Gasteiger partial charge on any atom is -0.378 e. The van der Waals surface area contributed by atoms with Gasteiger partial charge in [0.25, 0.3) is 0 Å². The summed E-state index contributed by atoms with van der Waals surface area (Å²) in [7, 11) is 0. The van der Waals surface area contributed by atoms with Crippen LogP contribution >= 0.6 is 0 Å². The van der Waals surface area contributed by atoms with Gasteiger partial charge < -0.3 is 49.5 Å². The summed E-state index contributed by atoms with van der Waals surface area (Å²) in [5, 5.41) is 8.02. The highest BCUT2D eigenvalue weighted by Crippen LogP contribution is 2.50. The molecule has 4 saturated heterocycles. The first-order valence-corrected chi connectivity index (χ1v) is 32.3. The van der Waals surface area contributed by atoms with Gasteiger partial charge in [0.1, 0.15) is 0 Å². The van der Waals surface area contributed by atoms with E-state index in [4.69, 9.17) is 39.4 Å². The van der Waals surface area contributed by atoms with Crippen molar-refractivity contribution in [2.24, 2.45) is 21.7 Å². The second-order valence-corrected chi connectivity index (χ2v) is 32.3. The van der Waals surface area contributed by atoms with Gasteiger partial charge in [-0.2, -0.15) is 29.9 Å². The number of hydrogen-bond donors (Lipinski definition) is 2. The summed E-state index contributed by atoms with van der Waals surface area (Å²) < 4.78 is 11.9. The second-order valence-electron chi connectivity index (χ2n) is 32.3. The van der Waals surface area contributed by atoms with Gasteiger partial charge in [0, 0.05) is 98.7 Å². The molecule has 7 heterocycles. The van der Waals surface area contributed by atoms with Gasteiger partial charge in [-0.15, -0.1) is 0 Å². The van der Waals surface area contributed by atoms with E-state index < -0.39 is 0 Å². The fraction of sp³-hybridized carbons (Fsp3) is 0.906. The number of rotatable bonds is 6. The van der Waals surface area contributed by atoms with Crippen LogP contribution in [-0.2, 0) is 9.47 Å². The Morgan fingerprint density at radius 3 is 0.775 bits per heavy atom. The third-order valence-electron chi connectivity index (χ3n) is 19.1. The van der Waals surface area contributed by atoms with Crippen molar-refractivity contribution in [3.8, 4) is 0 Å². The Balaban J connectivity index is 1.13. The number of morpholine rings is 2. The molecular weight excluding hydrogens is 997 g/mol. The van der Waals surface area contributed by atoms with Crippen LogP contribution in [0.2, 0.25) is 0 Å².